The summed E-state index contributed by atoms with van der Waals surface area (Å²) >= 11 is 0. The van der Waals surface area contributed by atoms with Crippen LogP contribution in [0.2, 0.25) is 0 Å². The Bertz CT molecular complexity index is 783. The van der Waals surface area contributed by atoms with Gasteiger partial charge in [0.25, 0.3) is 20.3 Å². The molecule has 2 rings (SSSR count). The first kappa shape index (κ1) is 21.3. The van der Waals surface area contributed by atoms with Crippen LogP contribution in [-0.2, 0) is 29.2 Å². The molecule has 10 heteroatoms. The predicted octanol–water partition coefficient (Wildman–Crippen LogP) is 1.08. The first-order valence-corrected chi connectivity index (χ1v) is 11.3. The molecule has 1 aliphatic rings. The van der Waals surface area contributed by atoms with Gasteiger partial charge in [-0.2, -0.15) is 26.3 Å². The summed E-state index contributed by atoms with van der Waals surface area (Å²) in [6.45, 7) is 5.41. The second-order valence-corrected chi connectivity index (χ2v) is 9.77. The summed E-state index contributed by atoms with van der Waals surface area (Å²) in [4.78, 5) is 0.101. The lowest BCUT2D eigenvalue weighted by Gasteiger charge is -2.29. The summed E-state index contributed by atoms with van der Waals surface area (Å²) in [6.07, 6.45) is 0.643. The summed E-state index contributed by atoms with van der Waals surface area (Å²) in [5, 5.41) is 0. The van der Waals surface area contributed by atoms with Gasteiger partial charge in [0, 0.05) is 12.1 Å². The lowest BCUT2D eigenvalue weighted by Crippen LogP contribution is -2.49. The summed E-state index contributed by atoms with van der Waals surface area (Å²) in [5.74, 6) is 0. The van der Waals surface area contributed by atoms with Gasteiger partial charge in [0.1, 0.15) is 0 Å². The number of benzene rings is 1. The molecular weight excluding hydrogens is 380 g/mol. The molecule has 0 radical (unpaired) electrons. The first-order valence-electron chi connectivity index (χ1n) is 8.45. The van der Waals surface area contributed by atoms with Crippen LogP contribution in [0.15, 0.2) is 29.2 Å². The normalized spacial score (nSPS) is 21.8. The van der Waals surface area contributed by atoms with E-state index in [0.717, 1.165) is 5.56 Å². The number of hydrogen-bond acceptors (Lipinski definition) is 6. The maximum Gasteiger partial charge on any atom is 0.297 e. The summed E-state index contributed by atoms with van der Waals surface area (Å²) in [7, 11) is -7.41. The van der Waals surface area contributed by atoms with E-state index in [4.69, 9.17) is 8.92 Å². The summed E-state index contributed by atoms with van der Waals surface area (Å²) < 4.78 is 63.6. The van der Waals surface area contributed by atoms with Crippen LogP contribution >= 0.6 is 0 Å². The molecule has 1 fully saturated rings. The zero-order valence-electron chi connectivity index (χ0n) is 15.1. The topological polar surface area (TPSA) is 111 Å². The third kappa shape index (κ3) is 6.60. The molecule has 1 heterocycles. The molecule has 0 spiro atoms. The molecule has 0 unspecified atom stereocenters. The van der Waals surface area contributed by atoms with Gasteiger partial charge in [-0.25, -0.2) is 0 Å². The average molecular weight is 407 g/mol. The molecule has 1 aliphatic heterocycles. The van der Waals surface area contributed by atoms with Crippen LogP contribution < -0.4 is 9.44 Å². The molecule has 0 saturated carbocycles. The number of rotatable bonds is 8. The van der Waals surface area contributed by atoms with Crippen LogP contribution in [0.25, 0.3) is 0 Å². The first-order chi connectivity index (χ1) is 12.1. The minimum Gasteiger partial charge on any atom is -0.374 e. The van der Waals surface area contributed by atoms with Gasteiger partial charge >= 0.3 is 0 Å². The molecular formula is C16H26N2O6S2. The van der Waals surface area contributed by atoms with E-state index in [-0.39, 0.29) is 30.2 Å². The van der Waals surface area contributed by atoms with Crippen LogP contribution in [-0.4, -0.2) is 48.2 Å². The molecule has 0 amide bonds. The van der Waals surface area contributed by atoms with E-state index in [0.29, 0.717) is 12.8 Å². The molecule has 0 bridgehead atoms. The number of hydrogen-bond donors (Lipinski definition) is 2. The van der Waals surface area contributed by atoms with Crippen LogP contribution in [0.4, 0.5) is 0 Å². The predicted molar refractivity (Wildman–Crippen MR) is 97.4 cm³/mol. The van der Waals surface area contributed by atoms with Crippen LogP contribution in [0.3, 0.4) is 0 Å². The minimum absolute atomic E-state index is 0.0973. The number of nitrogens with one attached hydrogen (secondary N) is 2. The Morgan fingerprint density at radius 3 is 2.35 bits per heavy atom. The molecule has 1 saturated heterocycles. The van der Waals surface area contributed by atoms with E-state index in [2.05, 4.69) is 9.44 Å². The Morgan fingerprint density at radius 2 is 1.81 bits per heavy atom. The smallest absolute Gasteiger partial charge is 0.297 e. The van der Waals surface area contributed by atoms with E-state index < -0.39 is 26.4 Å². The van der Waals surface area contributed by atoms with Gasteiger partial charge in [-0.05, 0) is 45.7 Å². The fourth-order valence-corrected chi connectivity index (χ4v) is 4.78. The maximum atomic E-state index is 12.2. The van der Waals surface area contributed by atoms with Crippen molar-refractivity contribution in [1.82, 2.24) is 9.44 Å². The molecule has 2 N–H and O–H groups in total. The summed E-state index contributed by atoms with van der Waals surface area (Å²) in [5.41, 5.74) is 0.958. The van der Waals surface area contributed by atoms with Gasteiger partial charge in [-0.15, -0.1) is 0 Å². The third-order valence-electron chi connectivity index (χ3n) is 3.80. The quantitative estimate of drug-likeness (QED) is 0.625. The van der Waals surface area contributed by atoms with Crippen molar-refractivity contribution in [3.8, 4) is 0 Å². The van der Waals surface area contributed by atoms with Crippen molar-refractivity contribution in [3.63, 3.8) is 0 Å². The van der Waals surface area contributed by atoms with Gasteiger partial charge in [-0.1, -0.05) is 17.7 Å². The lowest BCUT2D eigenvalue weighted by atomic mass is 10.1. The SMILES string of the molecule is Cc1ccc(S(=O)(=O)OC[C@@H]2CC[C@@H](NS(=O)(=O)NC(C)C)CO2)cc1. The largest absolute Gasteiger partial charge is 0.374 e. The fraction of sp³-hybridized carbons (Fsp3) is 0.625. The average Bonchev–Trinajstić information content (AvgIpc) is 2.53. The molecule has 1 aromatic rings. The Kier molecular flexibility index (Phi) is 7.17. The van der Waals surface area contributed by atoms with E-state index >= 15 is 0 Å². The van der Waals surface area contributed by atoms with Gasteiger partial charge in [0.15, 0.2) is 0 Å². The van der Waals surface area contributed by atoms with Crippen LogP contribution in [0.5, 0.6) is 0 Å². The second kappa shape index (κ2) is 8.77. The Hall–Kier alpha value is -1.04. The molecule has 0 aliphatic carbocycles. The van der Waals surface area contributed by atoms with E-state index in [1.165, 1.54) is 12.1 Å². The zero-order chi connectivity index (χ0) is 19.4. The van der Waals surface area contributed by atoms with Gasteiger partial charge < -0.3 is 4.74 Å². The minimum atomic E-state index is -3.83. The van der Waals surface area contributed by atoms with Crippen molar-refractivity contribution in [1.29, 1.82) is 0 Å². The highest BCUT2D eigenvalue weighted by atomic mass is 32.2. The third-order valence-corrected chi connectivity index (χ3v) is 6.52. The van der Waals surface area contributed by atoms with Crippen molar-refractivity contribution in [2.75, 3.05) is 13.2 Å². The molecule has 0 aromatic heterocycles. The van der Waals surface area contributed by atoms with Crippen LogP contribution in [0, 0.1) is 6.92 Å². The highest BCUT2D eigenvalue weighted by Gasteiger charge is 2.27. The number of ether oxygens (including phenoxy) is 1. The van der Waals surface area contributed by atoms with Gasteiger partial charge in [0.05, 0.1) is 24.2 Å². The fourth-order valence-electron chi connectivity index (χ4n) is 2.53. The Morgan fingerprint density at radius 1 is 1.15 bits per heavy atom. The van der Waals surface area contributed by atoms with Gasteiger partial charge in [-0.3, -0.25) is 4.18 Å². The second-order valence-electron chi connectivity index (χ2n) is 6.68. The maximum absolute atomic E-state index is 12.2. The van der Waals surface area contributed by atoms with Crippen molar-refractivity contribution >= 4 is 20.3 Å². The van der Waals surface area contributed by atoms with Crippen molar-refractivity contribution in [2.45, 2.75) is 56.7 Å². The molecule has 2 atom stereocenters. The Labute approximate surface area is 155 Å². The highest BCUT2D eigenvalue weighted by Crippen LogP contribution is 2.18. The monoisotopic (exact) mass is 406 g/mol. The van der Waals surface area contributed by atoms with E-state index in [9.17, 15) is 16.8 Å². The molecule has 8 nitrogen and oxygen atoms in total. The summed E-state index contributed by atoms with van der Waals surface area (Å²) in [6, 6.07) is 5.85. The van der Waals surface area contributed by atoms with Crippen molar-refractivity contribution < 1.29 is 25.8 Å². The van der Waals surface area contributed by atoms with Crippen molar-refractivity contribution in [3.05, 3.63) is 29.8 Å². The van der Waals surface area contributed by atoms with Crippen LogP contribution in [0.1, 0.15) is 32.3 Å². The number of aryl methyl sites for hydroxylation is 1. The zero-order valence-corrected chi connectivity index (χ0v) is 16.8. The molecule has 26 heavy (non-hydrogen) atoms. The lowest BCUT2D eigenvalue weighted by molar-refractivity contribution is -0.0212. The van der Waals surface area contributed by atoms with E-state index in [1.807, 2.05) is 6.92 Å². The highest BCUT2D eigenvalue weighted by molar-refractivity contribution is 7.87. The molecule has 1 aromatic carbocycles. The standard InChI is InChI=1S/C16H26N2O6S2/c1-12(2)17-26(21,22)18-14-6-7-15(23-10-14)11-24-25(19,20)16-8-4-13(3)5-9-16/h4-5,8-9,12,14-15,17-18H,6-7,10-11H2,1-3H3/t14-,15+/m1/s1. The van der Waals surface area contributed by atoms with E-state index in [1.54, 1.807) is 26.0 Å². The van der Waals surface area contributed by atoms with Gasteiger partial charge in [0.2, 0.25) is 0 Å². The van der Waals surface area contributed by atoms with Crippen molar-refractivity contribution in [2.24, 2.45) is 0 Å². The Balaban J connectivity index is 1.81. The molecule has 148 valence electrons.